The quantitative estimate of drug-likeness (QED) is 0.706. The largest absolute Gasteiger partial charge is 0.489 e. The maximum atomic E-state index is 13.3. The van der Waals surface area contributed by atoms with Gasteiger partial charge in [-0.25, -0.2) is 9.07 Å². The molecule has 0 bridgehead atoms. The molecule has 142 valence electrons. The van der Waals surface area contributed by atoms with E-state index in [1.807, 2.05) is 20.8 Å². The predicted molar refractivity (Wildman–Crippen MR) is 97.3 cm³/mol. The van der Waals surface area contributed by atoms with Crippen molar-refractivity contribution < 1.29 is 18.4 Å². The minimum atomic E-state index is -0.425. The van der Waals surface area contributed by atoms with E-state index in [1.54, 1.807) is 29.8 Å². The van der Waals surface area contributed by atoms with Crippen LogP contribution in [-0.2, 0) is 6.61 Å². The number of anilines is 1. The molecule has 27 heavy (non-hydrogen) atoms. The van der Waals surface area contributed by atoms with Crippen LogP contribution in [-0.4, -0.2) is 20.8 Å². The van der Waals surface area contributed by atoms with E-state index < -0.39 is 11.7 Å². The van der Waals surface area contributed by atoms with E-state index >= 15 is 0 Å². The molecule has 0 saturated carbocycles. The lowest BCUT2D eigenvalue weighted by Gasteiger charge is -2.11. The molecule has 0 aliphatic heterocycles. The Hall–Kier alpha value is -3.16. The number of nitrogens with one attached hydrogen (secondary N) is 1. The van der Waals surface area contributed by atoms with Gasteiger partial charge in [-0.05, 0) is 39.8 Å². The number of hydrogen-bond donors (Lipinski definition) is 1. The number of ether oxygens (including phenoxy) is 1. The molecule has 2 aromatic heterocycles. The van der Waals surface area contributed by atoms with Crippen LogP contribution in [0.4, 0.5) is 10.2 Å². The molecule has 0 atom stereocenters. The van der Waals surface area contributed by atoms with E-state index in [1.165, 1.54) is 12.1 Å². The zero-order chi connectivity index (χ0) is 19.6. The summed E-state index contributed by atoms with van der Waals surface area (Å²) in [6.45, 7) is 7.52. The third-order valence-electron chi connectivity index (χ3n) is 3.97. The molecular formula is C19H21FN4O3. The number of aryl methyl sites for hydroxylation is 2. The molecule has 1 amide bonds. The Morgan fingerprint density at radius 1 is 1.33 bits per heavy atom. The fraction of sp³-hybridized carbons (Fsp3) is 0.316. The van der Waals surface area contributed by atoms with E-state index in [9.17, 15) is 9.18 Å². The Kier molecular flexibility index (Phi) is 5.25. The maximum Gasteiger partial charge on any atom is 0.279 e. The van der Waals surface area contributed by atoms with Crippen molar-refractivity contribution in [3.63, 3.8) is 0 Å². The van der Waals surface area contributed by atoms with Crippen LogP contribution in [0.1, 0.15) is 47.4 Å². The second-order valence-electron chi connectivity index (χ2n) is 6.48. The summed E-state index contributed by atoms with van der Waals surface area (Å²) < 4.78 is 25.8. The monoisotopic (exact) mass is 372 g/mol. The average molecular weight is 372 g/mol. The Balaban J connectivity index is 1.78. The number of carbonyl (C=O) groups excluding carboxylic acids is 1. The van der Waals surface area contributed by atoms with Crippen LogP contribution in [0.5, 0.6) is 5.75 Å². The minimum Gasteiger partial charge on any atom is -0.489 e. The lowest BCUT2D eigenvalue weighted by atomic mass is 10.2. The number of aromatic nitrogens is 3. The van der Waals surface area contributed by atoms with Crippen LogP contribution in [0.25, 0.3) is 0 Å². The Morgan fingerprint density at radius 3 is 2.81 bits per heavy atom. The third kappa shape index (κ3) is 4.16. The van der Waals surface area contributed by atoms with Gasteiger partial charge in [-0.1, -0.05) is 11.2 Å². The van der Waals surface area contributed by atoms with Gasteiger partial charge in [0.2, 0.25) is 0 Å². The van der Waals surface area contributed by atoms with Crippen LogP contribution in [0.15, 0.2) is 34.9 Å². The van der Waals surface area contributed by atoms with Gasteiger partial charge in [0.05, 0.1) is 11.3 Å². The summed E-state index contributed by atoms with van der Waals surface area (Å²) >= 11 is 0. The lowest BCUT2D eigenvalue weighted by molar-refractivity contribution is 0.101. The fourth-order valence-electron chi connectivity index (χ4n) is 2.63. The molecule has 0 aliphatic carbocycles. The van der Waals surface area contributed by atoms with Crippen LogP contribution >= 0.6 is 0 Å². The normalized spacial score (nSPS) is 11.0. The van der Waals surface area contributed by atoms with Crippen molar-refractivity contribution >= 4 is 11.7 Å². The topological polar surface area (TPSA) is 82.2 Å². The summed E-state index contributed by atoms with van der Waals surface area (Å²) in [4.78, 5) is 12.7. The number of carbonyl (C=O) groups is 1. The molecule has 1 N–H and O–H groups in total. The molecule has 3 aromatic rings. The number of amides is 1. The molecule has 0 saturated heterocycles. The summed E-state index contributed by atoms with van der Waals surface area (Å²) in [6, 6.07) is 7.66. The molecule has 0 unspecified atom stereocenters. The van der Waals surface area contributed by atoms with Crippen molar-refractivity contribution in [1.29, 1.82) is 0 Å². The molecule has 3 rings (SSSR count). The van der Waals surface area contributed by atoms with Crippen LogP contribution in [0.2, 0.25) is 0 Å². The number of benzene rings is 1. The molecule has 0 fully saturated rings. The van der Waals surface area contributed by atoms with E-state index in [0.29, 0.717) is 22.9 Å². The minimum absolute atomic E-state index is 0.0318. The third-order valence-corrected chi connectivity index (χ3v) is 3.97. The summed E-state index contributed by atoms with van der Waals surface area (Å²) in [6.07, 6.45) is 0. The Morgan fingerprint density at radius 2 is 2.11 bits per heavy atom. The highest BCUT2D eigenvalue weighted by Gasteiger charge is 2.22. The van der Waals surface area contributed by atoms with Gasteiger partial charge in [0.1, 0.15) is 29.8 Å². The Labute approximate surface area is 156 Å². The molecule has 7 nitrogen and oxygen atoms in total. The Bertz CT molecular complexity index is 962. The van der Waals surface area contributed by atoms with Gasteiger partial charge in [0.15, 0.2) is 5.69 Å². The van der Waals surface area contributed by atoms with Gasteiger partial charge in [-0.3, -0.25) is 4.79 Å². The van der Waals surface area contributed by atoms with Gasteiger partial charge >= 0.3 is 0 Å². The first kappa shape index (κ1) is 18.6. The highest BCUT2D eigenvalue weighted by Crippen LogP contribution is 2.21. The standard InChI is InChI=1S/C19H21FN4O3/c1-11(2)24-17(8-12(3)22-24)21-19(25)18-16(13(4)27-23-18)10-26-15-7-5-6-14(20)9-15/h5-9,11H,10H2,1-4H3,(H,21,25). The van der Waals surface area contributed by atoms with Crippen LogP contribution in [0.3, 0.4) is 0 Å². The number of hydrogen-bond acceptors (Lipinski definition) is 5. The smallest absolute Gasteiger partial charge is 0.279 e. The molecular weight excluding hydrogens is 351 g/mol. The average Bonchev–Trinajstić information content (AvgIpc) is 3.15. The zero-order valence-corrected chi connectivity index (χ0v) is 15.6. The van der Waals surface area contributed by atoms with Crippen molar-refractivity contribution in [3.05, 3.63) is 58.9 Å². The van der Waals surface area contributed by atoms with Crippen molar-refractivity contribution in [2.75, 3.05) is 5.32 Å². The molecule has 0 radical (unpaired) electrons. The van der Waals surface area contributed by atoms with Gasteiger partial charge in [-0.15, -0.1) is 0 Å². The van der Waals surface area contributed by atoms with E-state index in [-0.39, 0.29) is 18.3 Å². The SMILES string of the molecule is Cc1cc(NC(=O)c2noc(C)c2COc2cccc(F)c2)n(C(C)C)n1. The zero-order valence-electron chi connectivity index (χ0n) is 15.6. The van der Waals surface area contributed by atoms with Crippen molar-refractivity contribution in [1.82, 2.24) is 14.9 Å². The maximum absolute atomic E-state index is 13.3. The number of halogens is 1. The summed E-state index contributed by atoms with van der Waals surface area (Å²) in [5.41, 5.74) is 1.42. The summed E-state index contributed by atoms with van der Waals surface area (Å²) in [5.74, 6) is 0.571. The molecule has 2 heterocycles. The first-order valence-corrected chi connectivity index (χ1v) is 8.56. The van der Waals surface area contributed by atoms with Gasteiger partial charge in [0, 0.05) is 18.2 Å². The highest BCUT2D eigenvalue weighted by atomic mass is 19.1. The predicted octanol–water partition coefficient (Wildman–Crippen LogP) is 4.04. The second-order valence-corrected chi connectivity index (χ2v) is 6.48. The lowest BCUT2D eigenvalue weighted by Crippen LogP contribution is -2.19. The fourth-order valence-corrected chi connectivity index (χ4v) is 2.63. The summed E-state index contributed by atoms with van der Waals surface area (Å²) in [7, 11) is 0. The molecule has 0 spiro atoms. The van der Waals surface area contributed by atoms with Gasteiger partial charge in [-0.2, -0.15) is 5.10 Å². The van der Waals surface area contributed by atoms with E-state index in [0.717, 1.165) is 5.69 Å². The second kappa shape index (κ2) is 7.61. The molecule has 0 aliphatic rings. The molecule has 1 aromatic carbocycles. The van der Waals surface area contributed by atoms with Gasteiger partial charge in [0.25, 0.3) is 5.91 Å². The highest BCUT2D eigenvalue weighted by molar-refractivity contribution is 6.03. The number of nitrogens with zero attached hydrogens (tertiary/aromatic N) is 3. The van der Waals surface area contributed by atoms with Gasteiger partial charge < -0.3 is 14.6 Å². The first-order chi connectivity index (χ1) is 12.8. The molecule has 8 heteroatoms. The van der Waals surface area contributed by atoms with E-state index in [2.05, 4.69) is 15.6 Å². The summed E-state index contributed by atoms with van der Waals surface area (Å²) in [5, 5.41) is 11.0. The van der Waals surface area contributed by atoms with Crippen LogP contribution in [0, 0.1) is 19.7 Å². The van der Waals surface area contributed by atoms with Crippen molar-refractivity contribution in [3.8, 4) is 5.75 Å². The first-order valence-electron chi connectivity index (χ1n) is 8.56. The number of rotatable bonds is 6. The van der Waals surface area contributed by atoms with E-state index in [4.69, 9.17) is 9.26 Å². The van der Waals surface area contributed by atoms with Crippen LogP contribution < -0.4 is 10.1 Å². The van der Waals surface area contributed by atoms with Crippen molar-refractivity contribution in [2.45, 2.75) is 40.3 Å². The van der Waals surface area contributed by atoms with Crippen molar-refractivity contribution in [2.24, 2.45) is 0 Å².